The summed E-state index contributed by atoms with van der Waals surface area (Å²) in [5, 5.41) is 2.84. The summed E-state index contributed by atoms with van der Waals surface area (Å²) in [6, 6.07) is 15.7. The maximum absolute atomic E-state index is 12.4. The quantitative estimate of drug-likeness (QED) is 0.716. The number of hydrogen-bond acceptors (Lipinski definition) is 4. The van der Waals surface area contributed by atoms with Crippen molar-refractivity contribution in [3.63, 3.8) is 0 Å². The predicted octanol–water partition coefficient (Wildman–Crippen LogP) is 3.63. The first-order valence-electron chi connectivity index (χ1n) is 8.30. The summed E-state index contributed by atoms with van der Waals surface area (Å²) in [4.78, 5) is 18.8. The zero-order valence-electron chi connectivity index (χ0n) is 14.2. The highest BCUT2D eigenvalue weighted by atomic mass is 16.3. The minimum absolute atomic E-state index is 0.165. The third-order valence-electron chi connectivity index (χ3n) is 3.95. The van der Waals surface area contributed by atoms with Crippen LogP contribution in [0.5, 0.6) is 0 Å². The van der Waals surface area contributed by atoms with Gasteiger partial charge in [-0.15, -0.1) is 0 Å². The van der Waals surface area contributed by atoms with Gasteiger partial charge in [-0.2, -0.15) is 0 Å². The number of nitrogens with zero attached hydrogens (tertiary/aromatic N) is 2. The molecule has 1 N–H and O–H groups in total. The van der Waals surface area contributed by atoms with Crippen LogP contribution in [-0.4, -0.2) is 17.4 Å². The number of nitrogens with one attached hydrogen (secondary N) is 1. The second-order valence-corrected chi connectivity index (χ2v) is 5.69. The van der Waals surface area contributed by atoms with Crippen molar-refractivity contribution in [3.8, 4) is 0 Å². The molecular formula is C20H21N3O2. The summed E-state index contributed by atoms with van der Waals surface area (Å²) in [7, 11) is 0. The third kappa shape index (κ3) is 4.47. The number of carbonyl (C=O) groups is 1. The van der Waals surface area contributed by atoms with Crippen LogP contribution < -0.4 is 10.2 Å². The van der Waals surface area contributed by atoms with Crippen LogP contribution in [0, 0.1) is 0 Å². The molecular weight excluding hydrogens is 314 g/mol. The van der Waals surface area contributed by atoms with Gasteiger partial charge < -0.3 is 14.6 Å². The number of aromatic nitrogens is 1. The molecule has 2 heterocycles. The van der Waals surface area contributed by atoms with E-state index in [-0.39, 0.29) is 5.91 Å². The lowest BCUT2D eigenvalue weighted by atomic mass is 10.2. The van der Waals surface area contributed by atoms with E-state index in [4.69, 9.17) is 4.42 Å². The molecule has 5 heteroatoms. The molecule has 0 unspecified atom stereocenters. The molecule has 0 bridgehead atoms. The molecule has 0 radical (unpaired) electrons. The Morgan fingerprint density at radius 2 is 2.00 bits per heavy atom. The molecule has 2 aromatic heterocycles. The van der Waals surface area contributed by atoms with Gasteiger partial charge in [0.1, 0.15) is 5.76 Å². The normalized spacial score (nSPS) is 10.4. The lowest BCUT2D eigenvalue weighted by Crippen LogP contribution is -2.25. The lowest BCUT2D eigenvalue weighted by Gasteiger charge is -2.23. The SMILES string of the molecule is CCN(Cc1ccccc1)c1cncc(C(=O)NCc2ccco2)c1. The van der Waals surface area contributed by atoms with Crippen LogP contribution in [0.2, 0.25) is 0 Å². The second kappa shape index (κ2) is 8.15. The van der Waals surface area contributed by atoms with Gasteiger partial charge in [0.15, 0.2) is 0 Å². The number of rotatable bonds is 7. The second-order valence-electron chi connectivity index (χ2n) is 5.69. The van der Waals surface area contributed by atoms with Gasteiger partial charge in [0.05, 0.1) is 30.3 Å². The Morgan fingerprint density at radius 1 is 1.16 bits per heavy atom. The van der Waals surface area contributed by atoms with Crippen LogP contribution in [0.25, 0.3) is 0 Å². The van der Waals surface area contributed by atoms with Crippen LogP contribution in [0.15, 0.2) is 71.6 Å². The van der Waals surface area contributed by atoms with Crippen molar-refractivity contribution in [2.24, 2.45) is 0 Å². The molecule has 0 aliphatic heterocycles. The molecule has 0 spiro atoms. The largest absolute Gasteiger partial charge is 0.467 e. The number of furan rings is 1. The number of amides is 1. The number of anilines is 1. The third-order valence-corrected chi connectivity index (χ3v) is 3.95. The fourth-order valence-electron chi connectivity index (χ4n) is 2.60. The molecule has 5 nitrogen and oxygen atoms in total. The van der Waals surface area contributed by atoms with Gasteiger partial charge in [-0.3, -0.25) is 9.78 Å². The first kappa shape index (κ1) is 16.8. The minimum Gasteiger partial charge on any atom is -0.467 e. The Morgan fingerprint density at radius 3 is 2.72 bits per heavy atom. The monoisotopic (exact) mass is 335 g/mol. The van der Waals surface area contributed by atoms with Gasteiger partial charge in [-0.25, -0.2) is 0 Å². The van der Waals surface area contributed by atoms with Gasteiger partial charge in [-0.1, -0.05) is 30.3 Å². The number of hydrogen-bond donors (Lipinski definition) is 1. The van der Waals surface area contributed by atoms with Gasteiger partial charge in [0, 0.05) is 19.3 Å². The molecule has 1 amide bonds. The van der Waals surface area contributed by atoms with E-state index in [0.717, 1.165) is 24.5 Å². The van der Waals surface area contributed by atoms with Crippen molar-refractivity contribution in [1.29, 1.82) is 0 Å². The fraction of sp³-hybridized carbons (Fsp3) is 0.200. The summed E-state index contributed by atoms with van der Waals surface area (Å²) in [5.41, 5.74) is 2.68. The number of benzene rings is 1. The first-order chi connectivity index (χ1) is 12.3. The standard InChI is InChI=1S/C20H21N3O2/c1-2-23(15-16-7-4-3-5-8-16)18-11-17(12-21-13-18)20(24)22-14-19-9-6-10-25-19/h3-13H,2,14-15H2,1H3,(H,22,24). The Labute approximate surface area is 147 Å². The zero-order chi connectivity index (χ0) is 17.5. The molecule has 0 saturated heterocycles. The summed E-state index contributed by atoms with van der Waals surface area (Å²) >= 11 is 0. The molecule has 0 saturated carbocycles. The van der Waals surface area contributed by atoms with E-state index in [9.17, 15) is 4.79 Å². The highest BCUT2D eigenvalue weighted by Gasteiger charge is 2.11. The smallest absolute Gasteiger partial charge is 0.253 e. The Hall–Kier alpha value is -3.08. The number of pyridine rings is 1. The van der Waals surface area contributed by atoms with Crippen LogP contribution in [-0.2, 0) is 13.1 Å². The summed E-state index contributed by atoms with van der Waals surface area (Å²) < 4.78 is 5.23. The van der Waals surface area contributed by atoms with E-state index in [2.05, 4.69) is 34.3 Å². The van der Waals surface area contributed by atoms with E-state index >= 15 is 0 Å². The Balaban J connectivity index is 1.69. The van der Waals surface area contributed by atoms with Gasteiger partial charge in [0.2, 0.25) is 0 Å². The number of carbonyl (C=O) groups excluding carboxylic acids is 1. The Bertz CT molecular complexity index is 801. The summed E-state index contributed by atoms with van der Waals surface area (Å²) in [6.07, 6.45) is 4.96. The lowest BCUT2D eigenvalue weighted by molar-refractivity contribution is 0.0947. The fourth-order valence-corrected chi connectivity index (χ4v) is 2.60. The van der Waals surface area contributed by atoms with E-state index in [1.807, 2.05) is 30.3 Å². The predicted molar refractivity (Wildman–Crippen MR) is 97.3 cm³/mol. The highest BCUT2D eigenvalue weighted by molar-refractivity contribution is 5.94. The van der Waals surface area contributed by atoms with Gasteiger partial charge in [-0.05, 0) is 30.7 Å². The summed E-state index contributed by atoms with van der Waals surface area (Å²) in [6.45, 7) is 4.05. The van der Waals surface area contributed by atoms with Crippen LogP contribution >= 0.6 is 0 Å². The van der Waals surface area contributed by atoms with E-state index in [1.165, 1.54) is 5.56 Å². The maximum atomic E-state index is 12.4. The Kier molecular flexibility index (Phi) is 5.46. The van der Waals surface area contributed by atoms with Crippen molar-refractivity contribution in [1.82, 2.24) is 10.3 Å². The van der Waals surface area contributed by atoms with Crippen LogP contribution in [0.3, 0.4) is 0 Å². The van der Waals surface area contributed by atoms with Crippen LogP contribution in [0.1, 0.15) is 28.6 Å². The molecule has 0 atom stereocenters. The molecule has 0 aliphatic carbocycles. The van der Waals surface area contributed by atoms with E-state index in [0.29, 0.717) is 12.1 Å². The molecule has 0 fully saturated rings. The molecule has 25 heavy (non-hydrogen) atoms. The van der Waals surface area contributed by atoms with E-state index < -0.39 is 0 Å². The van der Waals surface area contributed by atoms with Crippen molar-refractivity contribution >= 4 is 11.6 Å². The van der Waals surface area contributed by atoms with Crippen molar-refractivity contribution in [2.45, 2.75) is 20.0 Å². The highest BCUT2D eigenvalue weighted by Crippen LogP contribution is 2.17. The molecule has 128 valence electrons. The van der Waals surface area contributed by atoms with Gasteiger partial charge >= 0.3 is 0 Å². The summed E-state index contributed by atoms with van der Waals surface area (Å²) in [5.74, 6) is 0.554. The topological polar surface area (TPSA) is 58.4 Å². The average molecular weight is 335 g/mol. The first-order valence-corrected chi connectivity index (χ1v) is 8.30. The van der Waals surface area contributed by atoms with Gasteiger partial charge in [0.25, 0.3) is 5.91 Å². The maximum Gasteiger partial charge on any atom is 0.253 e. The van der Waals surface area contributed by atoms with Crippen molar-refractivity contribution in [2.75, 3.05) is 11.4 Å². The zero-order valence-corrected chi connectivity index (χ0v) is 14.2. The molecule has 0 aliphatic rings. The minimum atomic E-state index is -0.165. The molecule has 3 aromatic rings. The molecule has 3 rings (SSSR count). The average Bonchev–Trinajstić information content (AvgIpc) is 3.19. The molecule has 1 aromatic carbocycles. The van der Waals surface area contributed by atoms with Crippen LogP contribution in [0.4, 0.5) is 5.69 Å². The van der Waals surface area contributed by atoms with E-state index in [1.54, 1.807) is 24.7 Å². The van der Waals surface area contributed by atoms with Crippen molar-refractivity contribution in [3.05, 3.63) is 84.1 Å². The van der Waals surface area contributed by atoms with Crippen molar-refractivity contribution < 1.29 is 9.21 Å².